The molecule has 0 aliphatic rings. The first-order chi connectivity index (χ1) is 9.54. The fourth-order valence-corrected chi connectivity index (χ4v) is 1.85. The number of rotatable bonds is 4. The molecule has 0 saturated heterocycles. The van der Waals surface area contributed by atoms with E-state index in [9.17, 15) is 4.79 Å². The third kappa shape index (κ3) is 3.85. The molecule has 104 valence electrons. The van der Waals surface area contributed by atoms with Gasteiger partial charge in [0.15, 0.2) is 0 Å². The third-order valence-corrected chi connectivity index (χ3v) is 3.15. The Balaban J connectivity index is 1.94. The molecule has 0 heterocycles. The fourth-order valence-electron chi connectivity index (χ4n) is 1.85. The second-order valence-corrected chi connectivity index (χ2v) is 5.09. The van der Waals surface area contributed by atoms with Gasteiger partial charge in [0.2, 0.25) is 5.91 Å². The van der Waals surface area contributed by atoms with Gasteiger partial charge in [-0.15, -0.1) is 0 Å². The van der Waals surface area contributed by atoms with Gasteiger partial charge in [-0.3, -0.25) is 4.79 Å². The van der Waals surface area contributed by atoms with Crippen LogP contribution in [0.1, 0.15) is 18.1 Å². The Hall–Kier alpha value is -2.29. The lowest BCUT2D eigenvalue weighted by Gasteiger charge is -2.15. The quantitative estimate of drug-likeness (QED) is 0.886. The average molecular weight is 268 g/mol. The van der Waals surface area contributed by atoms with Crippen molar-refractivity contribution in [2.45, 2.75) is 26.8 Å². The molecule has 0 bridgehead atoms. The lowest BCUT2D eigenvalue weighted by atomic mass is 10.2. The molecular formula is C17H20N2O. The predicted molar refractivity (Wildman–Crippen MR) is 84.1 cm³/mol. The monoisotopic (exact) mass is 268 g/mol. The van der Waals surface area contributed by atoms with Gasteiger partial charge in [-0.2, -0.15) is 0 Å². The van der Waals surface area contributed by atoms with Crippen LogP contribution in [0.15, 0.2) is 48.5 Å². The SMILES string of the molecule is Cc1ccc(NC(=O)[C@@H](C)Nc2ccc(C)cc2)cc1. The number of carbonyl (C=O) groups excluding carboxylic acids is 1. The summed E-state index contributed by atoms with van der Waals surface area (Å²) in [5.41, 5.74) is 4.14. The zero-order valence-electron chi connectivity index (χ0n) is 12.1. The molecule has 1 amide bonds. The molecule has 0 aromatic heterocycles. The van der Waals surface area contributed by atoms with Gasteiger partial charge in [0, 0.05) is 11.4 Å². The Morgan fingerprint density at radius 1 is 0.850 bits per heavy atom. The predicted octanol–water partition coefficient (Wildman–Crippen LogP) is 3.74. The van der Waals surface area contributed by atoms with Crippen molar-refractivity contribution in [1.82, 2.24) is 0 Å². The van der Waals surface area contributed by atoms with Gasteiger partial charge in [-0.1, -0.05) is 35.4 Å². The highest BCUT2D eigenvalue weighted by molar-refractivity contribution is 5.96. The zero-order chi connectivity index (χ0) is 14.5. The molecule has 1 atom stereocenters. The lowest BCUT2D eigenvalue weighted by molar-refractivity contribution is -0.116. The van der Waals surface area contributed by atoms with Crippen molar-refractivity contribution < 1.29 is 4.79 Å². The van der Waals surface area contributed by atoms with Gasteiger partial charge < -0.3 is 10.6 Å². The van der Waals surface area contributed by atoms with Crippen molar-refractivity contribution >= 4 is 17.3 Å². The fraction of sp³-hybridized carbons (Fsp3) is 0.235. The topological polar surface area (TPSA) is 41.1 Å². The van der Waals surface area contributed by atoms with Crippen molar-refractivity contribution in [2.24, 2.45) is 0 Å². The van der Waals surface area contributed by atoms with Gasteiger partial charge in [-0.05, 0) is 45.0 Å². The Morgan fingerprint density at radius 2 is 1.30 bits per heavy atom. The van der Waals surface area contributed by atoms with Crippen LogP contribution in [0.4, 0.5) is 11.4 Å². The van der Waals surface area contributed by atoms with Gasteiger partial charge >= 0.3 is 0 Å². The molecule has 3 heteroatoms. The second kappa shape index (κ2) is 6.24. The van der Waals surface area contributed by atoms with E-state index in [4.69, 9.17) is 0 Å². The van der Waals surface area contributed by atoms with Gasteiger partial charge in [-0.25, -0.2) is 0 Å². The van der Waals surface area contributed by atoms with Crippen LogP contribution in [0.5, 0.6) is 0 Å². The molecule has 0 aliphatic carbocycles. The van der Waals surface area contributed by atoms with Crippen LogP contribution in [0.25, 0.3) is 0 Å². The number of hydrogen-bond donors (Lipinski definition) is 2. The molecule has 0 saturated carbocycles. The van der Waals surface area contributed by atoms with Crippen LogP contribution < -0.4 is 10.6 Å². The van der Waals surface area contributed by atoms with E-state index in [-0.39, 0.29) is 11.9 Å². The molecular weight excluding hydrogens is 248 g/mol. The van der Waals surface area contributed by atoms with Crippen molar-refractivity contribution in [3.63, 3.8) is 0 Å². The summed E-state index contributed by atoms with van der Waals surface area (Å²) in [5.74, 6) is -0.0468. The Kier molecular flexibility index (Phi) is 4.41. The van der Waals surface area contributed by atoms with Gasteiger partial charge in [0.1, 0.15) is 6.04 Å². The van der Waals surface area contributed by atoms with Crippen LogP contribution in [0, 0.1) is 13.8 Å². The van der Waals surface area contributed by atoms with Crippen molar-refractivity contribution in [3.8, 4) is 0 Å². The molecule has 2 rings (SSSR count). The molecule has 20 heavy (non-hydrogen) atoms. The highest BCUT2D eigenvalue weighted by atomic mass is 16.2. The van der Waals surface area contributed by atoms with E-state index in [0.29, 0.717) is 0 Å². The highest BCUT2D eigenvalue weighted by Gasteiger charge is 2.12. The minimum Gasteiger partial charge on any atom is -0.374 e. The molecule has 0 unspecified atom stereocenters. The summed E-state index contributed by atoms with van der Waals surface area (Å²) >= 11 is 0. The molecule has 3 nitrogen and oxygen atoms in total. The standard InChI is InChI=1S/C17H20N2O/c1-12-4-8-15(9-5-12)18-14(3)17(20)19-16-10-6-13(2)7-11-16/h4-11,14,18H,1-3H3,(H,19,20)/t14-/m1/s1. The summed E-state index contributed by atoms with van der Waals surface area (Å²) in [6.45, 7) is 5.91. The third-order valence-electron chi connectivity index (χ3n) is 3.15. The Labute approximate surface area is 120 Å². The van der Waals surface area contributed by atoms with Crippen molar-refractivity contribution in [1.29, 1.82) is 0 Å². The van der Waals surface area contributed by atoms with Crippen LogP contribution >= 0.6 is 0 Å². The van der Waals surface area contributed by atoms with E-state index < -0.39 is 0 Å². The van der Waals surface area contributed by atoms with Gasteiger partial charge in [0.25, 0.3) is 0 Å². The minimum absolute atomic E-state index is 0.0468. The number of anilines is 2. The highest BCUT2D eigenvalue weighted by Crippen LogP contribution is 2.12. The summed E-state index contributed by atoms with van der Waals surface area (Å²) in [6, 6.07) is 15.5. The molecule has 0 aliphatic heterocycles. The molecule has 2 aromatic carbocycles. The summed E-state index contributed by atoms with van der Waals surface area (Å²) in [6.07, 6.45) is 0. The summed E-state index contributed by atoms with van der Waals surface area (Å²) in [7, 11) is 0. The van der Waals surface area contributed by atoms with E-state index in [0.717, 1.165) is 11.4 Å². The zero-order valence-corrected chi connectivity index (χ0v) is 12.1. The summed E-state index contributed by atoms with van der Waals surface area (Å²) in [4.78, 5) is 12.1. The number of carbonyl (C=O) groups is 1. The largest absolute Gasteiger partial charge is 0.374 e. The van der Waals surface area contributed by atoms with E-state index in [1.54, 1.807) is 0 Å². The van der Waals surface area contributed by atoms with E-state index in [1.165, 1.54) is 11.1 Å². The maximum absolute atomic E-state index is 12.1. The van der Waals surface area contributed by atoms with Crippen molar-refractivity contribution in [3.05, 3.63) is 59.7 Å². The van der Waals surface area contributed by atoms with Crippen LogP contribution in [0.3, 0.4) is 0 Å². The lowest BCUT2D eigenvalue weighted by Crippen LogP contribution is -2.31. The Bertz CT molecular complexity index is 573. The minimum atomic E-state index is -0.293. The second-order valence-electron chi connectivity index (χ2n) is 5.09. The summed E-state index contributed by atoms with van der Waals surface area (Å²) in [5, 5.41) is 6.09. The number of amides is 1. The van der Waals surface area contributed by atoms with Crippen LogP contribution in [-0.2, 0) is 4.79 Å². The molecule has 2 N–H and O–H groups in total. The smallest absolute Gasteiger partial charge is 0.246 e. The number of aryl methyl sites for hydroxylation is 2. The van der Waals surface area contributed by atoms with E-state index in [1.807, 2.05) is 69.3 Å². The van der Waals surface area contributed by atoms with Crippen LogP contribution in [-0.4, -0.2) is 11.9 Å². The first-order valence-electron chi connectivity index (χ1n) is 6.75. The molecule has 0 spiro atoms. The summed E-state index contributed by atoms with van der Waals surface area (Å²) < 4.78 is 0. The van der Waals surface area contributed by atoms with Gasteiger partial charge in [0.05, 0.1) is 0 Å². The average Bonchev–Trinajstić information content (AvgIpc) is 2.44. The first kappa shape index (κ1) is 14.1. The Morgan fingerprint density at radius 3 is 1.80 bits per heavy atom. The molecule has 0 radical (unpaired) electrons. The number of benzene rings is 2. The van der Waals surface area contributed by atoms with Crippen LogP contribution in [0.2, 0.25) is 0 Å². The number of hydrogen-bond acceptors (Lipinski definition) is 2. The maximum Gasteiger partial charge on any atom is 0.246 e. The first-order valence-corrected chi connectivity index (χ1v) is 6.75. The van der Waals surface area contributed by atoms with E-state index >= 15 is 0 Å². The van der Waals surface area contributed by atoms with Crippen molar-refractivity contribution in [2.75, 3.05) is 10.6 Å². The molecule has 0 fully saturated rings. The normalized spacial score (nSPS) is 11.8. The van der Waals surface area contributed by atoms with E-state index in [2.05, 4.69) is 10.6 Å². The number of nitrogens with one attached hydrogen (secondary N) is 2. The maximum atomic E-state index is 12.1. The molecule has 2 aromatic rings.